The van der Waals surface area contributed by atoms with E-state index in [4.69, 9.17) is 14.2 Å². The molecule has 0 aromatic heterocycles. The molecule has 1 N–H and O–H groups in total. The summed E-state index contributed by atoms with van der Waals surface area (Å²) in [7, 11) is 5.15. The fourth-order valence-corrected chi connectivity index (χ4v) is 2.85. The van der Waals surface area contributed by atoms with Gasteiger partial charge in [-0.25, -0.2) is 0 Å². The van der Waals surface area contributed by atoms with Crippen LogP contribution in [0.5, 0.6) is 11.5 Å². The minimum Gasteiger partial charge on any atom is -0.497 e. The highest BCUT2D eigenvalue weighted by Gasteiger charge is 2.16. The Morgan fingerprint density at radius 2 is 2.10 bits per heavy atom. The Balaban J connectivity index is 2.69. The van der Waals surface area contributed by atoms with Gasteiger partial charge in [-0.1, -0.05) is 6.07 Å². The van der Waals surface area contributed by atoms with Gasteiger partial charge in [-0.15, -0.1) is 11.8 Å². The Bertz CT molecular complexity index is 453. The van der Waals surface area contributed by atoms with Crippen LogP contribution in [0.25, 0.3) is 0 Å². The van der Waals surface area contributed by atoms with Gasteiger partial charge in [-0.3, -0.25) is 4.79 Å². The SMILES string of the molecule is CCOC(=O)CSCC(NC)c1ccc(OC)cc1OC. The normalized spacial score (nSPS) is 11.8. The highest BCUT2D eigenvalue weighted by atomic mass is 32.2. The molecule has 6 heteroatoms. The van der Waals surface area contributed by atoms with E-state index >= 15 is 0 Å². The largest absolute Gasteiger partial charge is 0.497 e. The molecule has 0 amide bonds. The number of thioether (sulfide) groups is 1. The summed E-state index contributed by atoms with van der Waals surface area (Å²) >= 11 is 1.53. The molecule has 0 radical (unpaired) electrons. The van der Waals surface area contributed by atoms with Gasteiger partial charge in [0.25, 0.3) is 0 Å². The lowest BCUT2D eigenvalue weighted by molar-refractivity contribution is -0.139. The smallest absolute Gasteiger partial charge is 0.315 e. The van der Waals surface area contributed by atoms with Gasteiger partial charge < -0.3 is 19.5 Å². The summed E-state index contributed by atoms with van der Waals surface area (Å²) in [6.45, 7) is 2.22. The van der Waals surface area contributed by atoms with E-state index in [0.717, 1.165) is 22.8 Å². The number of hydrogen-bond acceptors (Lipinski definition) is 6. The number of carbonyl (C=O) groups is 1. The second-order valence-electron chi connectivity index (χ2n) is 4.27. The highest BCUT2D eigenvalue weighted by Crippen LogP contribution is 2.31. The Morgan fingerprint density at radius 3 is 2.67 bits per heavy atom. The number of hydrogen-bond donors (Lipinski definition) is 1. The molecule has 1 atom stereocenters. The van der Waals surface area contributed by atoms with Crippen molar-refractivity contribution < 1.29 is 19.0 Å². The number of methoxy groups -OCH3 is 2. The number of carbonyl (C=O) groups excluding carboxylic acids is 1. The molecule has 21 heavy (non-hydrogen) atoms. The van der Waals surface area contributed by atoms with Crippen molar-refractivity contribution in [2.75, 3.05) is 39.4 Å². The van der Waals surface area contributed by atoms with Crippen LogP contribution in [0.3, 0.4) is 0 Å². The van der Waals surface area contributed by atoms with Crippen molar-refractivity contribution in [1.82, 2.24) is 5.32 Å². The quantitative estimate of drug-likeness (QED) is 0.706. The molecule has 1 unspecified atom stereocenters. The van der Waals surface area contributed by atoms with E-state index in [1.54, 1.807) is 21.1 Å². The summed E-state index contributed by atoms with van der Waals surface area (Å²) < 4.78 is 15.5. The molecule has 0 bridgehead atoms. The average Bonchev–Trinajstić information content (AvgIpc) is 2.51. The van der Waals surface area contributed by atoms with E-state index < -0.39 is 0 Å². The number of nitrogens with one attached hydrogen (secondary N) is 1. The van der Waals surface area contributed by atoms with Gasteiger partial charge in [-0.05, 0) is 20.0 Å². The van der Waals surface area contributed by atoms with Gasteiger partial charge in [0, 0.05) is 23.4 Å². The van der Waals surface area contributed by atoms with Gasteiger partial charge in [0.2, 0.25) is 0 Å². The predicted molar refractivity (Wildman–Crippen MR) is 85.3 cm³/mol. The van der Waals surface area contributed by atoms with Crippen molar-refractivity contribution in [1.29, 1.82) is 0 Å². The first-order valence-electron chi connectivity index (χ1n) is 6.78. The Hall–Kier alpha value is -1.40. The van der Waals surface area contributed by atoms with Crippen LogP contribution in [0.4, 0.5) is 0 Å². The molecular weight excluding hydrogens is 290 g/mol. The monoisotopic (exact) mass is 313 g/mol. The molecule has 1 aromatic rings. The first kappa shape index (κ1) is 17.7. The van der Waals surface area contributed by atoms with Gasteiger partial charge in [-0.2, -0.15) is 0 Å². The summed E-state index contributed by atoms with van der Waals surface area (Å²) in [6, 6.07) is 5.82. The van der Waals surface area contributed by atoms with Crippen molar-refractivity contribution in [2.24, 2.45) is 0 Å². The Kier molecular flexibility index (Phi) is 8.00. The van der Waals surface area contributed by atoms with E-state index in [1.807, 2.05) is 25.2 Å². The van der Waals surface area contributed by atoms with Gasteiger partial charge in [0.15, 0.2) is 0 Å². The standard InChI is InChI=1S/C15H23NO4S/c1-5-20-15(17)10-21-9-13(16-2)12-7-6-11(18-3)8-14(12)19-4/h6-8,13,16H,5,9-10H2,1-4H3. The maximum Gasteiger partial charge on any atom is 0.315 e. The third kappa shape index (κ3) is 5.47. The molecular formula is C15H23NO4S. The van der Waals surface area contributed by atoms with Crippen LogP contribution < -0.4 is 14.8 Å². The van der Waals surface area contributed by atoms with Crippen LogP contribution in [0, 0.1) is 0 Å². The van der Waals surface area contributed by atoms with E-state index in [-0.39, 0.29) is 12.0 Å². The topological polar surface area (TPSA) is 56.8 Å². The molecule has 1 rings (SSSR count). The third-order valence-electron chi connectivity index (χ3n) is 2.97. The van der Waals surface area contributed by atoms with Gasteiger partial charge in [0.05, 0.1) is 26.6 Å². The second kappa shape index (κ2) is 9.52. The van der Waals surface area contributed by atoms with Crippen LogP contribution in [0.15, 0.2) is 18.2 Å². The Morgan fingerprint density at radius 1 is 1.33 bits per heavy atom. The molecule has 0 fully saturated rings. The number of ether oxygens (including phenoxy) is 3. The summed E-state index contributed by atoms with van der Waals surface area (Å²) in [4.78, 5) is 11.4. The van der Waals surface area contributed by atoms with E-state index in [9.17, 15) is 4.79 Å². The van der Waals surface area contributed by atoms with Crippen molar-refractivity contribution in [3.8, 4) is 11.5 Å². The number of rotatable bonds is 9. The molecule has 118 valence electrons. The molecule has 0 aliphatic carbocycles. The minimum absolute atomic E-state index is 0.0882. The fraction of sp³-hybridized carbons (Fsp3) is 0.533. The lowest BCUT2D eigenvalue weighted by atomic mass is 10.1. The number of esters is 1. The fourth-order valence-electron chi connectivity index (χ4n) is 1.90. The molecule has 5 nitrogen and oxygen atoms in total. The average molecular weight is 313 g/mol. The molecule has 0 spiro atoms. The van der Waals surface area contributed by atoms with E-state index in [0.29, 0.717) is 12.4 Å². The summed E-state index contributed by atoms with van der Waals surface area (Å²) in [5.74, 6) is 2.44. The van der Waals surface area contributed by atoms with Crippen molar-refractivity contribution in [3.05, 3.63) is 23.8 Å². The zero-order chi connectivity index (χ0) is 15.7. The van der Waals surface area contributed by atoms with Gasteiger partial charge in [0.1, 0.15) is 11.5 Å². The zero-order valence-corrected chi connectivity index (χ0v) is 13.8. The third-order valence-corrected chi connectivity index (χ3v) is 3.98. The highest BCUT2D eigenvalue weighted by molar-refractivity contribution is 7.99. The van der Waals surface area contributed by atoms with Crippen LogP contribution in [-0.2, 0) is 9.53 Å². The second-order valence-corrected chi connectivity index (χ2v) is 5.30. The molecule has 1 aromatic carbocycles. The zero-order valence-electron chi connectivity index (χ0n) is 13.0. The molecule has 0 heterocycles. The minimum atomic E-state index is -0.181. The molecule has 0 saturated carbocycles. The van der Waals surface area contributed by atoms with Gasteiger partial charge >= 0.3 is 5.97 Å². The summed E-state index contributed by atoms with van der Waals surface area (Å²) in [6.07, 6.45) is 0. The van der Waals surface area contributed by atoms with Crippen LogP contribution in [-0.4, -0.2) is 45.3 Å². The lowest BCUT2D eigenvalue weighted by Gasteiger charge is -2.19. The van der Waals surface area contributed by atoms with E-state index in [2.05, 4.69) is 5.32 Å². The maximum absolute atomic E-state index is 11.4. The van der Waals surface area contributed by atoms with Crippen LogP contribution in [0.1, 0.15) is 18.5 Å². The van der Waals surface area contributed by atoms with Crippen LogP contribution >= 0.6 is 11.8 Å². The van der Waals surface area contributed by atoms with Crippen molar-refractivity contribution >= 4 is 17.7 Å². The molecule has 0 saturated heterocycles. The first-order valence-corrected chi connectivity index (χ1v) is 7.94. The number of benzene rings is 1. The Labute approximate surface area is 130 Å². The molecule has 0 aliphatic rings. The predicted octanol–water partition coefficient (Wildman–Crippen LogP) is 2.26. The summed E-state index contributed by atoms with van der Waals surface area (Å²) in [5, 5.41) is 3.24. The van der Waals surface area contributed by atoms with Crippen molar-refractivity contribution in [3.63, 3.8) is 0 Å². The maximum atomic E-state index is 11.4. The van der Waals surface area contributed by atoms with Crippen LogP contribution in [0.2, 0.25) is 0 Å². The van der Waals surface area contributed by atoms with Crippen molar-refractivity contribution in [2.45, 2.75) is 13.0 Å². The van der Waals surface area contributed by atoms with E-state index in [1.165, 1.54) is 11.8 Å². The lowest BCUT2D eigenvalue weighted by Crippen LogP contribution is -2.20. The first-order chi connectivity index (χ1) is 10.2. The summed E-state index contributed by atoms with van der Waals surface area (Å²) in [5.41, 5.74) is 1.04. The molecule has 0 aliphatic heterocycles.